The summed E-state index contributed by atoms with van der Waals surface area (Å²) in [5.74, 6) is 0.0560. The van der Waals surface area contributed by atoms with Crippen LogP contribution in [0.2, 0.25) is 0 Å². The van der Waals surface area contributed by atoms with Gasteiger partial charge in [-0.25, -0.2) is 9.97 Å². The topological polar surface area (TPSA) is 63.9 Å². The van der Waals surface area contributed by atoms with Crippen molar-refractivity contribution in [1.82, 2.24) is 24.6 Å². The lowest BCUT2D eigenvalue weighted by Crippen LogP contribution is -2.40. The van der Waals surface area contributed by atoms with E-state index in [1.165, 1.54) is 0 Å². The lowest BCUT2D eigenvalue weighted by molar-refractivity contribution is 0.0673. The Kier molecular flexibility index (Phi) is 4.18. The number of carbonyl (C=O) groups excluding carboxylic acids is 1. The largest absolute Gasteiger partial charge is 0.337 e. The molecule has 1 amide bonds. The van der Waals surface area contributed by atoms with E-state index in [-0.39, 0.29) is 11.9 Å². The van der Waals surface area contributed by atoms with E-state index in [9.17, 15) is 4.79 Å². The molecule has 1 aromatic carbocycles. The van der Waals surface area contributed by atoms with Crippen LogP contribution in [0.25, 0.3) is 11.0 Å². The Morgan fingerprint density at radius 2 is 1.88 bits per heavy atom. The van der Waals surface area contributed by atoms with Crippen molar-refractivity contribution in [1.29, 1.82) is 0 Å². The number of hydrogen-bond acceptors (Lipinski definition) is 4. The summed E-state index contributed by atoms with van der Waals surface area (Å²) >= 11 is 0. The average molecular weight is 349 g/mol. The maximum absolute atomic E-state index is 13.0. The number of carbonyl (C=O) groups is 1. The van der Waals surface area contributed by atoms with Crippen LogP contribution < -0.4 is 0 Å². The van der Waals surface area contributed by atoms with Gasteiger partial charge in [0.15, 0.2) is 0 Å². The van der Waals surface area contributed by atoms with Gasteiger partial charge in [-0.3, -0.25) is 9.48 Å². The summed E-state index contributed by atoms with van der Waals surface area (Å²) in [6.07, 6.45) is 5.95. The summed E-state index contributed by atoms with van der Waals surface area (Å²) in [6, 6.07) is 5.85. The molecular formula is C20H23N5O. The van der Waals surface area contributed by atoms with Gasteiger partial charge >= 0.3 is 0 Å². The molecule has 26 heavy (non-hydrogen) atoms. The number of likely N-dealkylation sites (tertiary alicyclic amines) is 1. The van der Waals surface area contributed by atoms with Gasteiger partial charge in [-0.05, 0) is 57.4 Å². The van der Waals surface area contributed by atoms with Gasteiger partial charge in [-0.2, -0.15) is 5.10 Å². The number of amides is 1. The zero-order valence-electron chi connectivity index (χ0n) is 15.4. The van der Waals surface area contributed by atoms with Crippen LogP contribution in [0, 0.1) is 20.8 Å². The van der Waals surface area contributed by atoms with Crippen molar-refractivity contribution < 1.29 is 4.79 Å². The Labute approximate surface area is 152 Å². The lowest BCUT2D eigenvalue weighted by Gasteiger charge is -2.33. The van der Waals surface area contributed by atoms with E-state index in [0.29, 0.717) is 12.1 Å². The van der Waals surface area contributed by atoms with Crippen molar-refractivity contribution in [3.05, 3.63) is 53.1 Å². The van der Waals surface area contributed by atoms with E-state index in [1.54, 1.807) is 0 Å². The number of hydrogen-bond donors (Lipinski definition) is 0. The van der Waals surface area contributed by atoms with E-state index >= 15 is 0 Å². The minimum Gasteiger partial charge on any atom is -0.337 e. The molecule has 0 N–H and O–H groups in total. The van der Waals surface area contributed by atoms with Crippen molar-refractivity contribution >= 4 is 16.9 Å². The zero-order valence-corrected chi connectivity index (χ0v) is 15.4. The van der Waals surface area contributed by atoms with E-state index in [1.807, 2.05) is 54.7 Å². The first-order valence-electron chi connectivity index (χ1n) is 9.06. The van der Waals surface area contributed by atoms with Crippen LogP contribution in [0.3, 0.4) is 0 Å². The molecule has 0 bridgehead atoms. The normalized spacial score (nSPS) is 17.7. The number of benzene rings is 1. The van der Waals surface area contributed by atoms with Gasteiger partial charge in [0.25, 0.3) is 5.91 Å². The first kappa shape index (κ1) is 16.7. The fourth-order valence-corrected chi connectivity index (χ4v) is 3.53. The molecule has 1 unspecified atom stereocenters. The summed E-state index contributed by atoms with van der Waals surface area (Å²) in [6.45, 7) is 7.40. The Morgan fingerprint density at radius 1 is 1.12 bits per heavy atom. The Morgan fingerprint density at radius 3 is 2.62 bits per heavy atom. The fourth-order valence-electron chi connectivity index (χ4n) is 3.53. The van der Waals surface area contributed by atoms with Crippen LogP contribution >= 0.6 is 0 Å². The van der Waals surface area contributed by atoms with Gasteiger partial charge in [0.05, 0.1) is 34.7 Å². The van der Waals surface area contributed by atoms with E-state index in [4.69, 9.17) is 0 Å². The van der Waals surface area contributed by atoms with Gasteiger partial charge < -0.3 is 4.90 Å². The third-order valence-corrected chi connectivity index (χ3v) is 5.11. The fraction of sp³-hybridized carbons (Fsp3) is 0.400. The van der Waals surface area contributed by atoms with Crippen LogP contribution in [0.4, 0.5) is 0 Å². The Hall–Kier alpha value is -2.76. The van der Waals surface area contributed by atoms with Crippen LogP contribution in [0.15, 0.2) is 30.6 Å². The smallest absolute Gasteiger partial charge is 0.254 e. The van der Waals surface area contributed by atoms with Crippen molar-refractivity contribution in [2.75, 3.05) is 13.1 Å². The van der Waals surface area contributed by atoms with Gasteiger partial charge in [-0.1, -0.05) is 0 Å². The molecule has 1 atom stereocenters. The highest BCUT2D eigenvalue weighted by Crippen LogP contribution is 2.23. The number of piperidine rings is 1. The number of fused-ring (bicyclic) bond motifs is 1. The molecule has 1 aliphatic rings. The SMILES string of the molecule is Cc1cnn(C2CCCN(C(=O)c3ccc4nc(C)c(C)nc4c3)C2)c1. The lowest BCUT2D eigenvalue weighted by atomic mass is 10.0. The highest BCUT2D eigenvalue weighted by molar-refractivity contribution is 5.97. The highest BCUT2D eigenvalue weighted by Gasteiger charge is 2.26. The molecule has 134 valence electrons. The van der Waals surface area contributed by atoms with Crippen molar-refractivity contribution in [3.8, 4) is 0 Å². The van der Waals surface area contributed by atoms with Crippen molar-refractivity contribution in [2.45, 2.75) is 39.7 Å². The summed E-state index contributed by atoms with van der Waals surface area (Å²) in [4.78, 5) is 24.1. The molecule has 0 radical (unpaired) electrons. The predicted molar refractivity (Wildman–Crippen MR) is 100 cm³/mol. The maximum atomic E-state index is 13.0. The first-order chi connectivity index (χ1) is 12.5. The Balaban J connectivity index is 1.58. The molecular weight excluding hydrogens is 326 g/mol. The second-order valence-corrected chi connectivity index (χ2v) is 7.14. The number of rotatable bonds is 2. The molecule has 6 nitrogen and oxygen atoms in total. The molecule has 0 aliphatic carbocycles. The highest BCUT2D eigenvalue weighted by atomic mass is 16.2. The van der Waals surface area contributed by atoms with Crippen molar-refractivity contribution in [3.63, 3.8) is 0 Å². The standard InChI is InChI=1S/C20H23N5O/c1-13-10-21-25(11-13)17-5-4-8-24(12-17)20(26)16-6-7-18-19(9-16)23-15(3)14(2)22-18/h6-7,9-11,17H,4-5,8,12H2,1-3H3. The zero-order chi connectivity index (χ0) is 18.3. The molecule has 1 aliphatic heterocycles. The third-order valence-electron chi connectivity index (χ3n) is 5.11. The molecule has 4 rings (SSSR count). The molecule has 1 fully saturated rings. The van der Waals surface area contributed by atoms with Crippen LogP contribution in [-0.2, 0) is 0 Å². The first-order valence-corrected chi connectivity index (χ1v) is 9.06. The summed E-state index contributed by atoms with van der Waals surface area (Å²) in [5.41, 5.74) is 5.24. The summed E-state index contributed by atoms with van der Waals surface area (Å²) < 4.78 is 1.99. The molecule has 0 saturated carbocycles. The van der Waals surface area contributed by atoms with Gasteiger partial charge in [0.1, 0.15) is 0 Å². The molecule has 3 heterocycles. The van der Waals surface area contributed by atoms with E-state index in [0.717, 1.165) is 47.4 Å². The van der Waals surface area contributed by atoms with Gasteiger partial charge in [0, 0.05) is 24.8 Å². The molecule has 3 aromatic rings. The summed E-state index contributed by atoms with van der Waals surface area (Å²) in [7, 11) is 0. The van der Waals surface area contributed by atoms with Crippen molar-refractivity contribution in [2.24, 2.45) is 0 Å². The van der Waals surface area contributed by atoms with Crippen LogP contribution in [0.5, 0.6) is 0 Å². The molecule has 6 heteroatoms. The average Bonchev–Trinajstić information content (AvgIpc) is 3.08. The maximum Gasteiger partial charge on any atom is 0.254 e. The minimum absolute atomic E-state index is 0.0560. The molecule has 2 aromatic heterocycles. The number of aromatic nitrogens is 4. The van der Waals surface area contributed by atoms with E-state index < -0.39 is 0 Å². The van der Waals surface area contributed by atoms with Gasteiger partial charge in [0.2, 0.25) is 0 Å². The van der Waals surface area contributed by atoms with Gasteiger partial charge in [-0.15, -0.1) is 0 Å². The quantitative estimate of drug-likeness (QED) is 0.712. The monoisotopic (exact) mass is 349 g/mol. The second-order valence-electron chi connectivity index (χ2n) is 7.14. The number of aryl methyl sites for hydroxylation is 3. The third kappa shape index (κ3) is 3.07. The van der Waals surface area contributed by atoms with Crippen LogP contribution in [0.1, 0.15) is 46.2 Å². The van der Waals surface area contributed by atoms with Crippen LogP contribution in [-0.4, -0.2) is 43.6 Å². The molecule has 1 saturated heterocycles. The summed E-state index contributed by atoms with van der Waals surface area (Å²) in [5, 5.41) is 4.43. The van der Waals surface area contributed by atoms with E-state index in [2.05, 4.69) is 21.3 Å². The number of nitrogens with zero attached hydrogens (tertiary/aromatic N) is 5. The minimum atomic E-state index is 0.0560. The predicted octanol–water partition coefficient (Wildman–Crippen LogP) is 3.23. The molecule has 0 spiro atoms. The second kappa shape index (κ2) is 6.52. The Bertz CT molecular complexity index is 977.